The second-order valence-electron chi connectivity index (χ2n) is 14.5. The summed E-state index contributed by atoms with van der Waals surface area (Å²) in [6.07, 6.45) is 33.9. The van der Waals surface area contributed by atoms with E-state index in [4.69, 9.17) is 9.47 Å². The maximum absolute atomic E-state index is 12.3. The number of unbranched alkanes of at least 4 members (excludes halogenated alkanes) is 15. The van der Waals surface area contributed by atoms with Crippen molar-refractivity contribution in [2.45, 2.75) is 181 Å². The molecule has 0 amide bonds. The summed E-state index contributed by atoms with van der Waals surface area (Å²) in [5.74, 6) is 0.0493. The van der Waals surface area contributed by atoms with E-state index in [0.717, 1.165) is 57.3 Å². The summed E-state index contributed by atoms with van der Waals surface area (Å²) in [5, 5.41) is 20.2. The first-order chi connectivity index (χ1) is 23.7. The summed E-state index contributed by atoms with van der Waals surface area (Å²) in [5.41, 5.74) is 0. The van der Waals surface area contributed by atoms with E-state index in [1.165, 1.54) is 70.6 Å². The lowest BCUT2D eigenvalue weighted by Gasteiger charge is -2.13. The van der Waals surface area contributed by atoms with Crippen molar-refractivity contribution in [2.24, 2.45) is 17.8 Å². The van der Waals surface area contributed by atoms with Crippen molar-refractivity contribution >= 4 is 17.7 Å². The average Bonchev–Trinajstić information content (AvgIpc) is 3.43. The molecule has 0 radical (unpaired) electrons. The maximum atomic E-state index is 12.3. The summed E-state index contributed by atoms with van der Waals surface area (Å²) in [6.45, 7) is 6.38. The first kappa shape index (κ1) is 44.8. The number of allylic oxidation sites excluding steroid dienone is 5. The van der Waals surface area contributed by atoms with Gasteiger partial charge < -0.3 is 19.7 Å². The van der Waals surface area contributed by atoms with Gasteiger partial charge in [0.05, 0.1) is 6.10 Å². The van der Waals surface area contributed by atoms with Crippen molar-refractivity contribution in [3.05, 3.63) is 36.5 Å². The van der Waals surface area contributed by atoms with E-state index in [2.05, 4.69) is 20.8 Å². The van der Waals surface area contributed by atoms with E-state index in [9.17, 15) is 24.6 Å². The standard InChI is InChI=1S/C42H72O7/c1-4-5-19-26-37(43)30-31-39-36(29-32-40(39)45)25-21-17-18-23-28-42(47)49-34-38(44)33-48-41(46)27-22-16-14-12-10-8-6-7-9-11-13-15-20-24-35(2)3/h17,21,29-32,35-39,43-44H,4-16,18-20,22-28,33-34H2,1-3H3/b21-17-,31-30+/t36-,37-,38+,39+/m0/s1. The Morgan fingerprint density at radius 2 is 1.27 bits per heavy atom. The molecule has 7 heteroatoms. The molecule has 282 valence electrons. The number of hydrogen-bond acceptors (Lipinski definition) is 7. The second-order valence-corrected chi connectivity index (χ2v) is 14.5. The molecular formula is C42H72O7. The molecule has 0 spiro atoms. The third-order valence-electron chi connectivity index (χ3n) is 9.30. The van der Waals surface area contributed by atoms with E-state index in [1.54, 1.807) is 12.2 Å². The fourth-order valence-electron chi connectivity index (χ4n) is 6.14. The van der Waals surface area contributed by atoms with Crippen molar-refractivity contribution in [2.75, 3.05) is 13.2 Å². The summed E-state index contributed by atoms with van der Waals surface area (Å²) in [7, 11) is 0. The fraction of sp³-hybridized carbons (Fsp3) is 0.786. The zero-order valence-corrected chi connectivity index (χ0v) is 31.5. The third-order valence-corrected chi connectivity index (χ3v) is 9.30. The van der Waals surface area contributed by atoms with Crippen molar-refractivity contribution in [3.63, 3.8) is 0 Å². The van der Waals surface area contributed by atoms with Crippen LogP contribution in [0.1, 0.15) is 168 Å². The molecule has 7 nitrogen and oxygen atoms in total. The minimum absolute atomic E-state index is 0.0742. The molecule has 0 fully saturated rings. The van der Waals surface area contributed by atoms with E-state index in [-0.39, 0.29) is 43.2 Å². The highest BCUT2D eigenvalue weighted by atomic mass is 16.6. The highest BCUT2D eigenvalue weighted by Gasteiger charge is 2.27. The zero-order valence-electron chi connectivity index (χ0n) is 31.5. The molecule has 1 aliphatic rings. The molecule has 0 saturated carbocycles. The van der Waals surface area contributed by atoms with Gasteiger partial charge in [-0.05, 0) is 50.0 Å². The Morgan fingerprint density at radius 1 is 0.735 bits per heavy atom. The molecule has 0 aromatic rings. The van der Waals surface area contributed by atoms with Gasteiger partial charge in [0.15, 0.2) is 5.78 Å². The number of aliphatic hydroxyl groups is 2. The van der Waals surface area contributed by atoms with Gasteiger partial charge in [-0.25, -0.2) is 0 Å². The van der Waals surface area contributed by atoms with Crippen LogP contribution in [0.4, 0.5) is 0 Å². The molecule has 0 bridgehead atoms. The fourth-order valence-corrected chi connectivity index (χ4v) is 6.14. The van der Waals surface area contributed by atoms with Crippen molar-refractivity contribution in [3.8, 4) is 0 Å². The molecule has 49 heavy (non-hydrogen) atoms. The lowest BCUT2D eigenvalue weighted by atomic mass is 9.90. The maximum Gasteiger partial charge on any atom is 0.305 e. The summed E-state index contributed by atoms with van der Waals surface area (Å²) in [4.78, 5) is 36.3. The number of ether oxygens (including phenoxy) is 2. The van der Waals surface area contributed by atoms with Gasteiger partial charge in [0.1, 0.15) is 19.3 Å². The third kappa shape index (κ3) is 26.3. The van der Waals surface area contributed by atoms with Gasteiger partial charge in [-0.1, -0.05) is 154 Å². The van der Waals surface area contributed by atoms with Crippen LogP contribution < -0.4 is 0 Å². The SMILES string of the molecule is CCCCC[C@H](O)/C=C/[C@H]1C(=O)C=C[C@@H]1C/C=C\CCCC(=O)OC[C@H](O)COC(=O)CCCCCCCCCCCCCCCC(C)C. The normalized spacial score (nSPS) is 17.5. The predicted octanol–water partition coefficient (Wildman–Crippen LogP) is 9.93. The van der Waals surface area contributed by atoms with Crippen LogP contribution in [-0.2, 0) is 23.9 Å². The van der Waals surface area contributed by atoms with Crippen LogP contribution in [0.15, 0.2) is 36.5 Å². The van der Waals surface area contributed by atoms with E-state index >= 15 is 0 Å². The lowest BCUT2D eigenvalue weighted by Crippen LogP contribution is -2.25. The van der Waals surface area contributed by atoms with Crippen molar-refractivity contribution in [1.82, 2.24) is 0 Å². The Hall–Kier alpha value is -2.25. The first-order valence-electron chi connectivity index (χ1n) is 20.0. The first-order valence-corrected chi connectivity index (χ1v) is 20.0. The minimum Gasteiger partial charge on any atom is -0.463 e. The van der Waals surface area contributed by atoms with Crippen LogP contribution >= 0.6 is 0 Å². The smallest absolute Gasteiger partial charge is 0.305 e. The number of ketones is 1. The highest BCUT2D eigenvalue weighted by Crippen LogP contribution is 2.27. The molecule has 2 N–H and O–H groups in total. The summed E-state index contributed by atoms with van der Waals surface area (Å²) in [6, 6.07) is 0. The zero-order chi connectivity index (χ0) is 36.0. The minimum atomic E-state index is -1.03. The molecule has 0 unspecified atom stereocenters. The molecule has 0 aromatic carbocycles. The van der Waals surface area contributed by atoms with Gasteiger partial charge in [-0.3, -0.25) is 14.4 Å². The lowest BCUT2D eigenvalue weighted by molar-refractivity contribution is -0.152. The van der Waals surface area contributed by atoms with Crippen molar-refractivity contribution < 1.29 is 34.1 Å². The molecule has 1 rings (SSSR count). The monoisotopic (exact) mass is 689 g/mol. The predicted molar refractivity (Wildman–Crippen MR) is 200 cm³/mol. The molecule has 0 aromatic heterocycles. The number of aliphatic hydroxyl groups excluding tert-OH is 2. The Morgan fingerprint density at radius 3 is 1.84 bits per heavy atom. The van der Waals surface area contributed by atoms with Gasteiger partial charge in [0, 0.05) is 18.8 Å². The number of carbonyl (C=O) groups excluding carboxylic acids is 3. The Labute approximate surface area is 299 Å². The van der Waals surface area contributed by atoms with E-state index in [0.29, 0.717) is 19.3 Å². The number of carbonyl (C=O) groups is 3. The Kier molecular flexibility index (Phi) is 27.9. The van der Waals surface area contributed by atoms with Gasteiger partial charge >= 0.3 is 11.9 Å². The largest absolute Gasteiger partial charge is 0.463 e. The van der Waals surface area contributed by atoms with E-state index < -0.39 is 18.2 Å². The Bertz CT molecular complexity index is 937. The van der Waals surface area contributed by atoms with Gasteiger partial charge in [-0.2, -0.15) is 0 Å². The van der Waals surface area contributed by atoms with Crippen molar-refractivity contribution in [1.29, 1.82) is 0 Å². The highest BCUT2D eigenvalue weighted by molar-refractivity contribution is 5.95. The molecule has 0 heterocycles. The summed E-state index contributed by atoms with van der Waals surface area (Å²) >= 11 is 0. The average molecular weight is 689 g/mol. The number of hydrogen-bond donors (Lipinski definition) is 2. The van der Waals surface area contributed by atoms with Crippen LogP contribution in [-0.4, -0.2) is 53.4 Å². The van der Waals surface area contributed by atoms with Gasteiger partial charge in [0.2, 0.25) is 0 Å². The second kappa shape index (κ2) is 30.6. The topological polar surface area (TPSA) is 110 Å². The molecule has 0 aliphatic heterocycles. The van der Waals surface area contributed by atoms with Gasteiger partial charge in [0.25, 0.3) is 0 Å². The number of esters is 2. The molecule has 0 saturated heterocycles. The Balaban J connectivity index is 1.99. The van der Waals surface area contributed by atoms with Gasteiger partial charge in [-0.15, -0.1) is 0 Å². The van der Waals surface area contributed by atoms with Crippen LogP contribution in [0.5, 0.6) is 0 Å². The quantitative estimate of drug-likeness (QED) is 0.0411. The molecule has 4 atom stereocenters. The molecular weight excluding hydrogens is 616 g/mol. The van der Waals surface area contributed by atoms with Crippen LogP contribution in [0.3, 0.4) is 0 Å². The summed E-state index contributed by atoms with van der Waals surface area (Å²) < 4.78 is 10.3. The van der Waals surface area contributed by atoms with Crippen LogP contribution in [0.25, 0.3) is 0 Å². The van der Waals surface area contributed by atoms with Crippen LogP contribution in [0, 0.1) is 17.8 Å². The van der Waals surface area contributed by atoms with Crippen LogP contribution in [0.2, 0.25) is 0 Å². The molecule has 1 aliphatic carbocycles. The number of rotatable bonds is 32. The van der Waals surface area contributed by atoms with E-state index in [1.807, 2.05) is 24.3 Å².